The Morgan fingerprint density at radius 3 is 2.45 bits per heavy atom. The summed E-state index contributed by atoms with van der Waals surface area (Å²) >= 11 is 1.61. The number of ether oxygens (including phenoxy) is 1. The number of fused-ring (bicyclic) bond motifs is 1. The summed E-state index contributed by atoms with van der Waals surface area (Å²) in [4.78, 5) is 46.4. The molecule has 1 spiro atoms. The van der Waals surface area contributed by atoms with Crippen molar-refractivity contribution in [3.8, 4) is 0 Å². The Balaban J connectivity index is 1.57. The molecular weight excluding hydrogens is 548 g/mol. The number of esters is 1. The fraction of sp³-hybridized carbons (Fsp3) is 0.441. The normalized spacial score (nSPS) is 28.3. The fourth-order valence-electron chi connectivity index (χ4n) is 7.22. The van der Waals surface area contributed by atoms with E-state index in [1.807, 2.05) is 67.6 Å². The standard InChI is InChI=1S/C34H40N2O5S/c1-4-6-13-21-41-32(40)28-27-30(38)36(26(23-37)25-16-11-8-12-17-25)29(34(27)19-18-33(28,3)42-34)31(39)35(20-5-2)22-24-14-9-7-10-15-24/h4-5,7-12,14-17,26-29,37H,1-2,6,13,18-23H2,3H3/t26-,27+,28+,29?,33-,34?/m1/s1. The van der Waals surface area contributed by atoms with E-state index in [1.54, 1.807) is 33.7 Å². The number of carbonyl (C=O) groups is 3. The van der Waals surface area contributed by atoms with E-state index in [9.17, 15) is 19.5 Å². The maximum absolute atomic E-state index is 14.8. The van der Waals surface area contributed by atoms with Gasteiger partial charge in [-0.15, -0.1) is 24.9 Å². The molecule has 3 saturated heterocycles. The van der Waals surface area contributed by atoms with Gasteiger partial charge < -0.3 is 19.6 Å². The second-order valence-corrected chi connectivity index (χ2v) is 13.6. The zero-order valence-corrected chi connectivity index (χ0v) is 25.0. The van der Waals surface area contributed by atoms with Crippen LogP contribution in [0.4, 0.5) is 0 Å². The van der Waals surface area contributed by atoms with Crippen LogP contribution < -0.4 is 0 Å². The predicted molar refractivity (Wildman–Crippen MR) is 164 cm³/mol. The second-order valence-electron chi connectivity index (χ2n) is 11.7. The van der Waals surface area contributed by atoms with Gasteiger partial charge in [-0.05, 0) is 43.7 Å². The number of rotatable bonds is 13. The largest absolute Gasteiger partial charge is 0.465 e. The van der Waals surface area contributed by atoms with Gasteiger partial charge in [-0.3, -0.25) is 14.4 Å². The van der Waals surface area contributed by atoms with E-state index < -0.39 is 33.4 Å². The Kier molecular flexibility index (Phi) is 8.94. The summed E-state index contributed by atoms with van der Waals surface area (Å²) in [6, 6.07) is 17.5. The van der Waals surface area contributed by atoms with Crippen molar-refractivity contribution in [2.45, 2.75) is 60.7 Å². The highest BCUT2D eigenvalue weighted by molar-refractivity contribution is 8.02. The Morgan fingerprint density at radius 2 is 1.81 bits per heavy atom. The van der Waals surface area contributed by atoms with Crippen LogP contribution in [0.5, 0.6) is 0 Å². The average molecular weight is 589 g/mol. The number of amides is 2. The number of aliphatic hydroxyl groups excluding tert-OH is 1. The van der Waals surface area contributed by atoms with Crippen LogP contribution in [0.1, 0.15) is 49.8 Å². The van der Waals surface area contributed by atoms with Crippen LogP contribution in [0.3, 0.4) is 0 Å². The van der Waals surface area contributed by atoms with E-state index in [2.05, 4.69) is 13.2 Å². The van der Waals surface area contributed by atoms with E-state index in [4.69, 9.17) is 4.74 Å². The molecule has 3 fully saturated rings. The van der Waals surface area contributed by atoms with Gasteiger partial charge in [0.05, 0.1) is 35.8 Å². The van der Waals surface area contributed by atoms with Crippen LogP contribution in [-0.2, 0) is 25.7 Å². The first-order valence-corrected chi connectivity index (χ1v) is 15.5. The maximum atomic E-state index is 14.8. The molecule has 2 unspecified atom stereocenters. The van der Waals surface area contributed by atoms with Gasteiger partial charge in [-0.1, -0.05) is 72.8 Å². The van der Waals surface area contributed by atoms with Crippen LogP contribution >= 0.6 is 11.8 Å². The summed E-state index contributed by atoms with van der Waals surface area (Å²) in [5.74, 6) is -2.24. The van der Waals surface area contributed by atoms with E-state index >= 15 is 0 Å². The molecule has 2 aromatic carbocycles. The van der Waals surface area contributed by atoms with Gasteiger partial charge in [0.25, 0.3) is 0 Å². The Labute approximate surface area is 252 Å². The van der Waals surface area contributed by atoms with Gasteiger partial charge >= 0.3 is 5.97 Å². The number of hydrogen-bond donors (Lipinski definition) is 1. The first-order chi connectivity index (χ1) is 20.3. The lowest BCUT2D eigenvalue weighted by Crippen LogP contribution is -2.55. The minimum atomic E-state index is -0.860. The van der Waals surface area contributed by atoms with E-state index in [0.29, 0.717) is 32.4 Å². The minimum absolute atomic E-state index is 0.194. The zero-order chi connectivity index (χ0) is 29.9. The van der Waals surface area contributed by atoms with Crippen LogP contribution in [-0.4, -0.2) is 68.0 Å². The molecule has 3 aliphatic rings. The molecular formula is C34H40N2O5S. The van der Waals surface area contributed by atoms with E-state index in [1.165, 1.54) is 0 Å². The lowest BCUT2D eigenvalue weighted by Gasteiger charge is -2.39. The second kappa shape index (κ2) is 12.5. The summed E-state index contributed by atoms with van der Waals surface area (Å²) in [6.07, 6.45) is 6.20. The van der Waals surface area contributed by atoms with Gasteiger partial charge in [-0.2, -0.15) is 0 Å². The zero-order valence-electron chi connectivity index (χ0n) is 24.2. The first-order valence-electron chi connectivity index (χ1n) is 14.7. The lowest BCUT2D eigenvalue weighted by molar-refractivity contribution is -0.156. The van der Waals surface area contributed by atoms with Crippen molar-refractivity contribution in [1.29, 1.82) is 0 Å². The first kappa shape index (κ1) is 30.1. The van der Waals surface area contributed by atoms with Crippen LogP contribution in [0.2, 0.25) is 0 Å². The molecule has 42 heavy (non-hydrogen) atoms. The Hall–Kier alpha value is -3.36. The molecule has 7 nitrogen and oxygen atoms in total. The molecule has 1 N–H and O–H groups in total. The highest BCUT2D eigenvalue weighted by Gasteiger charge is 2.78. The third kappa shape index (κ3) is 5.20. The monoisotopic (exact) mass is 588 g/mol. The Morgan fingerprint density at radius 1 is 1.12 bits per heavy atom. The quantitative estimate of drug-likeness (QED) is 0.203. The lowest BCUT2D eigenvalue weighted by atomic mass is 9.66. The fourth-order valence-corrected chi connectivity index (χ4v) is 9.55. The number of likely N-dealkylation sites (tertiary alicyclic amines) is 1. The third-order valence-electron chi connectivity index (χ3n) is 9.07. The van der Waals surface area contributed by atoms with Crippen molar-refractivity contribution in [1.82, 2.24) is 9.80 Å². The highest BCUT2D eigenvalue weighted by atomic mass is 32.2. The smallest absolute Gasteiger partial charge is 0.311 e. The van der Waals surface area contributed by atoms with Crippen molar-refractivity contribution in [3.05, 3.63) is 97.1 Å². The van der Waals surface area contributed by atoms with Crippen molar-refractivity contribution in [2.24, 2.45) is 11.8 Å². The molecule has 0 saturated carbocycles. The molecule has 2 aromatic rings. The molecule has 2 amide bonds. The number of carbonyl (C=O) groups excluding carboxylic acids is 3. The summed E-state index contributed by atoms with van der Waals surface area (Å²) in [5, 5.41) is 10.7. The van der Waals surface area contributed by atoms with Crippen molar-refractivity contribution in [2.75, 3.05) is 19.8 Å². The molecule has 222 valence electrons. The topological polar surface area (TPSA) is 87.1 Å². The van der Waals surface area contributed by atoms with E-state index in [-0.39, 0.29) is 31.0 Å². The SMILES string of the molecule is C=CCCCOC(=O)[C@@H]1[C@H]2C(=O)N([C@H](CO)c3ccccc3)C(C(=O)N(CC=C)Cc3ccccc3)C23CC[C@@]1(C)S3. The molecule has 3 heterocycles. The molecule has 5 rings (SSSR count). The molecule has 2 bridgehead atoms. The number of unbranched alkanes of at least 4 members (excludes halogenated alkanes) is 1. The number of aliphatic hydroxyl groups is 1. The summed E-state index contributed by atoms with van der Waals surface area (Å²) in [6.45, 7) is 10.2. The van der Waals surface area contributed by atoms with Gasteiger partial charge in [0.1, 0.15) is 6.04 Å². The molecule has 8 heteroatoms. The van der Waals surface area contributed by atoms with Crippen molar-refractivity contribution < 1.29 is 24.2 Å². The van der Waals surface area contributed by atoms with Gasteiger partial charge in [-0.25, -0.2) is 0 Å². The minimum Gasteiger partial charge on any atom is -0.465 e. The van der Waals surface area contributed by atoms with Crippen LogP contribution in [0, 0.1) is 11.8 Å². The summed E-state index contributed by atoms with van der Waals surface area (Å²) in [5.41, 5.74) is 1.71. The van der Waals surface area contributed by atoms with E-state index in [0.717, 1.165) is 17.5 Å². The molecule has 6 atom stereocenters. The number of thioether (sulfide) groups is 1. The third-order valence-corrected chi connectivity index (χ3v) is 11.1. The summed E-state index contributed by atoms with van der Waals surface area (Å²) < 4.78 is 4.40. The average Bonchev–Trinajstić information content (AvgIpc) is 3.57. The molecule has 0 aromatic heterocycles. The number of benzene rings is 2. The number of allylic oxidation sites excluding steroid dienone is 1. The van der Waals surface area contributed by atoms with Crippen LogP contribution in [0.15, 0.2) is 86.0 Å². The maximum Gasteiger partial charge on any atom is 0.311 e. The number of hydrogen-bond acceptors (Lipinski definition) is 6. The Bertz CT molecular complexity index is 1320. The molecule has 3 aliphatic heterocycles. The van der Waals surface area contributed by atoms with Gasteiger partial charge in [0, 0.05) is 17.8 Å². The number of nitrogens with zero attached hydrogens (tertiary/aromatic N) is 2. The summed E-state index contributed by atoms with van der Waals surface area (Å²) in [7, 11) is 0. The molecule has 0 aliphatic carbocycles. The molecule has 0 radical (unpaired) electrons. The van der Waals surface area contributed by atoms with Gasteiger partial charge in [0.2, 0.25) is 11.8 Å². The predicted octanol–water partition coefficient (Wildman–Crippen LogP) is 4.93. The van der Waals surface area contributed by atoms with Crippen molar-refractivity contribution in [3.63, 3.8) is 0 Å². The van der Waals surface area contributed by atoms with Gasteiger partial charge in [0.15, 0.2) is 0 Å². The van der Waals surface area contributed by atoms with Crippen LogP contribution in [0.25, 0.3) is 0 Å². The van der Waals surface area contributed by atoms with Crippen molar-refractivity contribution >= 4 is 29.5 Å². The highest BCUT2D eigenvalue weighted by Crippen LogP contribution is 2.72.